The molecule has 0 bridgehead atoms. The Labute approximate surface area is 174 Å². The van der Waals surface area contributed by atoms with E-state index in [9.17, 15) is 14.4 Å². The number of rotatable bonds is 9. The van der Waals surface area contributed by atoms with Gasteiger partial charge in [-0.25, -0.2) is 4.98 Å². The molecule has 0 aliphatic carbocycles. The monoisotopic (exact) mass is 405 g/mol. The highest BCUT2D eigenvalue weighted by atomic mass is 16.5. The molecule has 1 aromatic heterocycles. The summed E-state index contributed by atoms with van der Waals surface area (Å²) in [5.74, 6) is 0.118. The van der Waals surface area contributed by atoms with E-state index in [1.54, 1.807) is 36.4 Å². The Kier molecular flexibility index (Phi) is 7.10. The molecule has 30 heavy (non-hydrogen) atoms. The molecule has 0 saturated heterocycles. The van der Waals surface area contributed by atoms with Crippen molar-refractivity contribution < 1.29 is 14.3 Å². The van der Waals surface area contributed by atoms with Gasteiger partial charge in [0.1, 0.15) is 5.75 Å². The number of benzene rings is 2. The fraction of sp³-hybridized carbons (Fsp3) is 0.217. The van der Waals surface area contributed by atoms with E-state index in [0.717, 1.165) is 5.69 Å². The highest BCUT2D eigenvalue weighted by molar-refractivity contribution is 6.08. The van der Waals surface area contributed by atoms with Crippen LogP contribution < -0.4 is 15.6 Å². The number of carbonyl (C=O) groups is 2. The number of carbonyl (C=O) groups excluding carboxylic acids is 2. The molecule has 0 saturated carbocycles. The van der Waals surface area contributed by atoms with Crippen LogP contribution in [0, 0.1) is 0 Å². The van der Waals surface area contributed by atoms with Crippen LogP contribution in [0.4, 0.5) is 0 Å². The number of nitrogens with one attached hydrogen (secondary N) is 1. The molecule has 1 N–H and O–H groups in total. The summed E-state index contributed by atoms with van der Waals surface area (Å²) in [7, 11) is 0. The van der Waals surface area contributed by atoms with Crippen molar-refractivity contribution in [3.05, 3.63) is 94.2 Å². The van der Waals surface area contributed by atoms with Gasteiger partial charge >= 0.3 is 0 Å². The van der Waals surface area contributed by atoms with Crippen LogP contribution in [0.15, 0.2) is 71.8 Å². The topological polar surface area (TPSA) is 90.3 Å². The average Bonchev–Trinajstić information content (AvgIpc) is 2.79. The first-order valence-corrected chi connectivity index (χ1v) is 9.71. The van der Waals surface area contributed by atoms with E-state index in [-0.39, 0.29) is 23.9 Å². The summed E-state index contributed by atoms with van der Waals surface area (Å²) < 4.78 is 6.91. The Bertz CT molecular complexity index is 1060. The molecule has 7 heteroatoms. The molecule has 0 fully saturated rings. The molecular formula is C23H23N3O4. The van der Waals surface area contributed by atoms with E-state index >= 15 is 0 Å². The van der Waals surface area contributed by atoms with E-state index in [1.807, 2.05) is 25.1 Å². The Morgan fingerprint density at radius 2 is 1.73 bits per heavy atom. The largest absolute Gasteiger partial charge is 0.484 e. The van der Waals surface area contributed by atoms with Gasteiger partial charge in [0, 0.05) is 36.0 Å². The van der Waals surface area contributed by atoms with Gasteiger partial charge in [0.15, 0.2) is 12.4 Å². The molecule has 2 aromatic carbocycles. The van der Waals surface area contributed by atoms with Crippen molar-refractivity contribution in [1.82, 2.24) is 14.9 Å². The van der Waals surface area contributed by atoms with Gasteiger partial charge in [-0.2, -0.15) is 0 Å². The summed E-state index contributed by atoms with van der Waals surface area (Å²) in [4.78, 5) is 40.4. The van der Waals surface area contributed by atoms with E-state index in [2.05, 4.69) is 10.3 Å². The minimum atomic E-state index is -0.300. The molecule has 3 rings (SSSR count). The summed E-state index contributed by atoms with van der Waals surface area (Å²) in [5, 5.41) is 2.70. The average molecular weight is 405 g/mol. The molecule has 0 radical (unpaired) electrons. The van der Waals surface area contributed by atoms with Gasteiger partial charge in [-0.05, 0) is 30.7 Å². The van der Waals surface area contributed by atoms with Crippen LogP contribution in [0.25, 0.3) is 0 Å². The summed E-state index contributed by atoms with van der Waals surface area (Å²) >= 11 is 0. The Balaban J connectivity index is 1.44. The molecule has 0 unspecified atom stereocenters. The van der Waals surface area contributed by atoms with Gasteiger partial charge < -0.3 is 10.1 Å². The van der Waals surface area contributed by atoms with Crippen LogP contribution in [0.5, 0.6) is 5.75 Å². The lowest BCUT2D eigenvalue weighted by molar-refractivity contribution is -0.123. The molecule has 0 aliphatic heterocycles. The molecule has 0 spiro atoms. The fourth-order valence-corrected chi connectivity index (χ4v) is 2.80. The third-order valence-electron chi connectivity index (χ3n) is 4.50. The SMILES string of the molecule is CCc1cc(=O)n(CCNC(=O)COc2ccc(C(=O)c3ccccc3)cc2)cn1. The third kappa shape index (κ3) is 5.64. The van der Waals surface area contributed by atoms with Crippen molar-refractivity contribution in [1.29, 1.82) is 0 Å². The van der Waals surface area contributed by atoms with E-state index in [0.29, 0.717) is 36.4 Å². The van der Waals surface area contributed by atoms with Gasteiger partial charge in [0.25, 0.3) is 11.5 Å². The van der Waals surface area contributed by atoms with Crippen molar-refractivity contribution in [3.63, 3.8) is 0 Å². The van der Waals surface area contributed by atoms with Crippen LogP contribution in [0.2, 0.25) is 0 Å². The Morgan fingerprint density at radius 1 is 1.03 bits per heavy atom. The van der Waals surface area contributed by atoms with Crippen LogP contribution in [-0.2, 0) is 17.8 Å². The number of nitrogens with zero attached hydrogens (tertiary/aromatic N) is 2. The number of aromatic nitrogens is 2. The first-order valence-electron chi connectivity index (χ1n) is 9.71. The zero-order valence-electron chi connectivity index (χ0n) is 16.7. The zero-order valence-corrected chi connectivity index (χ0v) is 16.7. The lowest BCUT2D eigenvalue weighted by atomic mass is 10.0. The molecule has 1 heterocycles. The standard InChI is InChI=1S/C23H23N3O4/c1-2-19-14-22(28)26(16-25-19)13-12-24-21(27)15-30-20-10-8-18(9-11-20)23(29)17-6-4-3-5-7-17/h3-11,14,16H,2,12-13,15H2,1H3,(H,24,27). The predicted molar refractivity (Wildman–Crippen MR) is 113 cm³/mol. The fourth-order valence-electron chi connectivity index (χ4n) is 2.80. The third-order valence-corrected chi connectivity index (χ3v) is 4.50. The lowest BCUT2D eigenvalue weighted by Gasteiger charge is -2.09. The minimum Gasteiger partial charge on any atom is -0.484 e. The maximum Gasteiger partial charge on any atom is 0.258 e. The number of aryl methyl sites for hydroxylation is 1. The summed E-state index contributed by atoms with van der Waals surface area (Å²) in [6, 6.07) is 17.2. The Morgan fingerprint density at radius 3 is 2.40 bits per heavy atom. The normalized spacial score (nSPS) is 10.4. The van der Waals surface area contributed by atoms with Crippen LogP contribution in [-0.4, -0.2) is 34.4 Å². The van der Waals surface area contributed by atoms with E-state index in [4.69, 9.17) is 4.74 Å². The molecular weight excluding hydrogens is 382 g/mol. The number of ether oxygens (including phenoxy) is 1. The van der Waals surface area contributed by atoms with Crippen molar-refractivity contribution >= 4 is 11.7 Å². The quantitative estimate of drug-likeness (QED) is 0.552. The van der Waals surface area contributed by atoms with Gasteiger partial charge in [0.05, 0.1) is 6.33 Å². The molecule has 7 nitrogen and oxygen atoms in total. The maximum absolute atomic E-state index is 12.4. The molecule has 1 amide bonds. The first kappa shape index (κ1) is 21.0. The number of amides is 1. The maximum atomic E-state index is 12.4. The van der Waals surface area contributed by atoms with Crippen LogP contribution >= 0.6 is 0 Å². The summed E-state index contributed by atoms with van der Waals surface area (Å²) in [6.45, 7) is 2.40. The first-order chi connectivity index (χ1) is 14.6. The van der Waals surface area contributed by atoms with Crippen LogP contribution in [0.3, 0.4) is 0 Å². The number of hydrogen-bond donors (Lipinski definition) is 1. The van der Waals surface area contributed by atoms with Gasteiger partial charge in [-0.1, -0.05) is 37.3 Å². The second-order valence-corrected chi connectivity index (χ2v) is 6.62. The second kappa shape index (κ2) is 10.2. The van der Waals surface area contributed by atoms with Gasteiger partial charge in [-0.3, -0.25) is 19.0 Å². The number of hydrogen-bond acceptors (Lipinski definition) is 5. The van der Waals surface area contributed by atoms with Crippen molar-refractivity contribution in [2.45, 2.75) is 19.9 Å². The van der Waals surface area contributed by atoms with Crippen LogP contribution in [0.1, 0.15) is 28.5 Å². The highest BCUT2D eigenvalue weighted by Crippen LogP contribution is 2.15. The lowest BCUT2D eigenvalue weighted by Crippen LogP contribution is -2.33. The molecule has 3 aromatic rings. The predicted octanol–water partition coefficient (Wildman–Crippen LogP) is 2.23. The molecule has 0 atom stereocenters. The van der Waals surface area contributed by atoms with E-state index < -0.39 is 0 Å². The van der Waals surface area contributed by atoms with E-state index in [1.165, 1.54) is 17.0 Å². The zero-order chi connectivity index (χ0) is 21.3. The smallest absolute Gasteiger partial charge is 0.258 e. The van der Waals surface area contributed by atoms with Gasteiger partial charge in [0.2, 0.25) is 0 Å². The molecule has 0 aliphatic rings. The van der Waals surface area contributed by atoms with Crippen molar-refractivity contribution in [2.75, 3.05) is 13.2 Å². The molecule has 154 valence electrons. The van der Waals surface area contributed by atoms with Crippen molar-refractivity contribution in [3.8, 4) is 5.75 Å². The minimum absolute atomic E-state index is 0.0726. The van der Waals surface area contributed by atoms with Gasteiger partial charge in [-0.15, -0.1) is 0 Å². The number of ketones is 1. The Hall–Kier alpha value is -3.74. The summed E-state index contributed by atoms with van der Waals surface area (Å²) in [5.41, 5.74) is 1.76. The summed E-state index contributed by atoms with van der Waals surface area (Å²) in [6.07, 6.45) is 2.19. The second-order valence-electron chi connectivity index (χ2n) is 6.62. The highest BCUT2D eigenvalue weighted by Gasteiger charge is 2.09. The van der Waals surface area contributed by atoms with Crippen molar-refractivity contribution in [2.24, 2.45) is 0 Å².